The van der Waals surface area contributed by atoms with Crippen molar-refractivity contribution < 1.29 is 0 Å². The van der Waals surface area contributed by atoms with Crippen molar-refractivity contribution in [2.24, 2.45) is 0 Å². The third kappa shape index (κ3) is 11.1. The molecule has 0 aliphatic heterocycles. The van der Waals surface area contributed by atoms with Gasteiger partial charge in [0, 0.05) is 0 Å². The molecule has 0 aromatic rings. The van der Waals surface area contributed by atoms with Gasteiger partial charge in [-0.15, -0.1) is 0 Å². The van der Waals surface area contributed by atoms with Gasteiger partial charge in [-0.1, -0.05) is 103 Å². The summed E-state index contributed by atoms with van der Waals surface area (Å²) >= 11 is 0. The van der Waals surface area contributed by atoms with Gasteiger partial charge < -0.3 is 0 Å². The van der Waals surface area contributed by atoms with Gasteiger partial charge in [0.25, 0.3) is 0 Å². The summed E-state index contributed by atoms with van der Waals surface area (Å²) in [4.78, 5) is 0. The minimum Gasteiger partial charge on any atom is -0.0533 e. The highest BCUT2D eigenvalue weighted by Crippen LogP contribution is 2.15. The Morgan fingerprint density at radius 3 is 0.778 bits per heavy atom. The zero-order valence-electron chi connectivity index (χ0n) is 12.5. The third-order valence-electron chi connectivity index (χ3n) is 4.13. The first-order valence-electron chi connectivity index (χ1n) is 8.63. The lowest BCUT2D eigenvalue weighted by molar-refractivity contribution is 0.554. The molecule has 0 heterocycles. The predicted molar refractivity (Wildman–Crippen MR) is 82.5 cm³/mol. The van der Waals surface area contributed by atoms with Crippen LogP contribution in [0.25, 0.3) is 0 Å². The van der Waals surface area contributed by atoms with Crippen molar-refractivity contribution in [3.8, 4) is 0 Å². The standard InChI is InChI=1S/C18H34/c1-2-4-6-8-10-12-14-16-18-17-15-13-11-9-7-5-3-1/h1,16H,2-15,17-18H2. The summed E-state index contributed by atoms with van der Waals surface area (Å²) in [5.41, 5.74) is 0. The van der Waals surface area contributed by atoms with Crippen LogP contribution in [0.5, 0.6) is 0 Å². The highest BCUT2D eigenvalue weighted by atomic mass is 14.0. The normalized spacial score (nSPS) is 24.0. The minimum atomic E-state index is 1.37. The Morgan fingerprint density at radius 2 is 0.500 bits per heavy atom. The van der Waals surface area contributed by atoms with E-state index in [0.717, 1.165) is 0 Å². The maximum atomic E-state index is 2.54. The zero-order chi connectivity index (χ0) is 12.7. The lowest BCUT2D eigenvalue weighted by Gasteiger charge is -2.05. The fraction of sp³-hybridized carbons (Fsp3) is 0.889. The Morgan fingerprint density at radius 1 is 0.278 bits per heavy atom. The average Bonchev–Trinajstić information content (AvgIpc) is 2.39. The van der Waals surface area contributed by atoms with Crippen LogP contribution in [0.2, 0.25) is 0 Å². The van der Waals surface area contributed by atoms with Crippen LogP contribution >= 0.6 is 0 Å². The van der Waals surface area contributed by atoms with Crippen LogP contribution in [0.3, 0.4) is 0 Å². The van der Waals surface area contributed by atoms with E-state index in [1.54, 1.807) is 0 Å². The molecule has 0 saturated heterocycles. The monoisotopic (exact) mass is 250 g/mol. The van der Waals surface area contributed by atoms with Gasteiger partial charge in [-0.2, -0.15) is 0 Å². The topological polar surface area (TPSA) is 0 Å². The quantitative estimate of drug-likeness (QED) is 0.451. The molecule has 0 nitrogen and oxygen atoms in total. The molecule has 106 valence electrons. The molecule has 1 aliphatic carbocycles. The van der Waals surface area contributed by atoms with Crippen molar-refractivity contribution in [2.75, 3.05) is 0 Å². The van der Waals surface area contributed by atoms with Crippen LogP contribution in [0.15, 0.2) is 0 Å². The number of rotatable bonds is 0. The van der Waals surface area contributed by atoms with Gasteiger partial charge >= 0.3 is 0 Å². The van der Waals surface area contributed by atoms with Gasteiger partial charge in [0.05, 0.1) is 0 Å². The lowest BCUT2D eigenvalue weighted by atomic mass is 10.0. The van der Waals surface area contributed by atoms with Crippen LogP contribution in [0.4, 0.5) is 0 Å². The second-order valence-corrected chi connectivity index (χ2v) is 5.97. The molecule has 0 bridgehead atoms. The molecule has 1 rings (SSSR count). The molecule has 0 amide bonds. The van der Waals surface area contributed by atoms with Gasteiger partial charge in [-0.25, -0.2) is 0 Å². The molecule has 0 spiro atoms. The Hall–Kier alpha value is 0. The molecular formula is C18H34. The maximum absolute atomic E-state index is 2.54. The summed E-state index contributed by atoms with van der Waals surface area (Å²) in [5.74, 6) is 0. The summed E-state index contributed by atoms with van der Waals surface area (Å²) in [6.45, 7) is 0. The van der Waals surface area contributed by atoms with Crippen LogP contribution in [0, 0.1) is 12.8 Å². The summed E-state index contributed by atoms with van der Waals surface area (Å²) in [6, 6.07) is 0. The largest absolute Gasteiger partial charge is 0.0533 e. The molecule has 2 radical (unpaired) electrons. The smallest absolute Gasteiger partial charge is 0.0386 e. The van der Waals surface area contributed by atoms with E-state index in [1.807, 2.05) is 0 Å². The SMILES string of the molecule is [CH]1CCCCCCC[CH]CCCCCCCCC1. The molecule has 1 saturated carbocycles. The fourth-order valence-corrected chi connectivity index (χ4v) is 2.86. The molecule has 0 aromatic carbocycles. The van der Waals surface area contributed by atoms with E-state index >= 15 is 0 Å². The van der Waals surface area contributed by atoms with Crippen molar-refractivity contribution in [1.82, 2.24) is 0 Å². The van der Waals surface area contributed by atoms with Gasteiger partial charge in [0.15, 0.2) is 0 Å². The summed E-state index contributed by atoms with van der Waals surface area (Å²) in [5, 5.41) is 0. The summed E-state index contributed by atoms with van der Waals surface area (Å²) < 4.78 is 0. The van der Waals surface area contributed by atoms with Gasteiger partial charge in [0.2, 0.25) is 0 Å². The first kappa shape index (κ1) is 16.1. The molecule has 1 aliphatic rings. The third-order valence-corrected chi connectivity index (χ3v) is 4.13. The minimum absolute atomic E-state index is 1.37. The van der Waals surface area contributed by atoms with Crippen molar-refractivity contribution in [3.05, 3.63) is 12.8 Å². The fourth-order valence-electron chi connectivity index (χ4n) is 2.86. The molecule has 0 heteroatoms. The molecule has 1 fully saturated rings. The predicted octanol–water partition coefficient (Wildman–Crippen LogP) is 6.65. The molecule has 0 aromatic heterocycles. The zero-order valence-corrected chi connectivity index (χ0v) is 12.5. The highest BCUT2D eigenvalue weighted by Gasteiger charge is 1.96. The average molecular weight is 250 g/mol. The van der Waals surface area contributed by atoms with Gasteiger partial charge in [-0.05, 0) is 12.8 Å². The molecule has 0 unspecified atom stereocenters. The van der Waals surface area contributed by atoms with Gasteiger partial charge in [-0.3, -0.25) is 0 Å². The van der Waals surface area contributed by atoms with E-state index in [1.165, 1.54) is 103 Å². The van der Waals surface area contributed by atoms with Crippen LogP contribution in [0.1, 0.15) is 103 Å². The van der Waals surface area contributed by atoms with E-state index in [2.05, 4.69) is 12.8 Å². The molecule has 0 N–H and O–H groups in total. The van der Waals surface area contributed by atoms with Crippen molar-refractivity contribution >= 4 is 0 Å². The van der Waals surface area contributed by atoms with Gasteiger partial charge in [0.1, 0.15) is 0 Å². The second-order valence-electron chi connectivity index (χ2n) is 5.97. The second kappa shape index (κ2) is 13.4. The summed E-state index contributed by atoms with van der Waals surface area (Å²) in [6.07, 6.45) is 28.0. The maximum Gasteiger partial charge on any atom is -0.0386 e. The first-order chi connectivity index (χ1) is 9.00. The van der Waals surface area contributed by atoms with E-state index in [0.29, 0.717) is 0 Å². The van der Waals surface area contributed by atoms with E-state index in [-0.39, 0.29) is 0 Å². The van der Waals surface area contributed by atoms with Crippen LogP contribution in [-0.4, -0.2) is 0 Å². The Kier molecular flexibility index (Phi) is 12.0. The van der Waals surface area contributed by atoms with Crippen molar-refractivity contribution in [2.45, 2.75) is 103 Å². The van der Waals surface area contributed by atoms with E-state index in [4.69, 9.17) is 0 Å². The lowest BCUT2D eigenvalue weighted by Crippen LogP contribution is -1.86. The Balaban J connectivity index is 2.00. The van der Waals surface area contributed by atoms with Crippen LogP contribution < -0.4 is 0 Å². The number of hydrogen-bond acceptors (Lipinski definition) is 0. The van der Waals surface area contributed by atoms with Crippen molar-refractivity contribution in [1.29, 1.82) is 0 Å². The Bertz CT molecular complexity index is 75.1. The van der Waals surface area contributed by atoms with Crippen molar-refractivity contribution in [3.63, 3.8) is 0 Å². The van der Waals surface area contributed by atoms with E-state index < -0.39 is 0 Å². The first-order valence-corrected chi connectivity index (χ1v) is 8.63. The molecule has 18 heavy (non-hydrogen) atoms. The Labute approximate surface area is 116 Å². The molecule has 0 atom stereocenters. The summed E-state index contributed by atoms with van der Waals surface area (Å²) in [7, 11) is 0. The van der Waals surface area contributed by atoms with Crippen LogP contribution in [-0.2, 0) is 0 Å². The molecular weight excluding hydrogens is 216 g/mol. The van der Waals surface area contributed by atoms with E-state index in [9.17, 15) is 0 Å². The highest BCUT2D eigenvalue weighted by molar-refractivity contribution is 4.67. The number of hydrogen-bond donors (Lipinski definition) is 0.